The number of rotatable bonds is 9. The molecule has 0 radical (unpaired) electrons. The van der Waals surface area contributed by atoms with Gasteiger partial charge in [0.25, 0.3) is 11.5 Å². The van der Waals surface area contributed by atoms with Gasteiger partial charge in [-0.05, 0) is 31.9 Å². The number of amides is 1. The van der Waals surface area contributed by atoms with E-state index in [9.17, 15) is 32.4 Å². The van der Waals surface area contributed by atoms with Gasteiger partial charge in [0.15, 0.2) is 11.6 Å². The minimum Gasteiger partial charge on any atom is -0.493 e. The second-order valence-corrected chi connectivity index (χ2v) is 9.42. The van der Waals surface area contributed by atoms with Gasteiger partial charge < -0.3 is 19.1 Å². The molecule has 1 fully saturated rings. The monoisotopic (exact) mass is 568 g/mol. The molecule has 0 saturated carbocycles. The molecule has 1 saturated heterocycles. The van der Waals surface area contributed by atoms with Gasteiger partial charge in [-0.15, -0.1) is 0 Å². The molecule has 1 aliphatic heterocycles. The molecule has 3 rings (SSSR count). The van der Waals surface area contributed by atoms with E-state index < -0.39 is 69.9 Å². The highest BCUT2D eigenvalue weighted by Gasteiger charge is 2.64. The molecular weight excluding hydrogens is 539 g/mol. The summed E-state index contributed by atoms with van der Waals surface area (Å²) in [5.41, 5.74) is -5.55. The maximum atomic E-state index is 15.1. The average molecular weight is 569 g/mol. The predicted molar refractivity (Wildman–Crippen MR) is 132 cm³/mol. The number of likely N-dealkylation sites (tertiary alicyclic amines) is 1. The zero-order valence-electron chi connectivity index (χ0n) is 22.2. The minimum atomic E-state index is -5.13. The fraction of sp³-hybridized carbons (Fsp3) is 0.464. The lowest BCUT2D eigenvalue weighted by atomic mass is 9.64. The van der Waals surface area contributed by atoms with Crippen molar-refractivity contribution in [2.75, 3.05) is 33.9 Å². The summed E-state index contributed by atoms with van der Waals surface area (Å²) in [6, 6.07) is 10.1. The highest BCUT2D eigenvalue weighted by atomic mass is 19.4. The molecule has 216 valence electrons. The fourth-order valence-electron chi connectivity index (χ4n) is 5.38. The van der Waals surface area contributed by atoms with Crippen molar-refractivity contribution in [2.24, 2.45) is 5.41 Å². The Labute approximate surface area is 228 Å². The van der Waals surface area contributed by atoms with Crippen LogP contribution in [0.3, 0.4) is 0 Å². The number of carbonyl (C=O) groups is 2. The summed E-state index contributed by atoms with van der Waals surface area (Å²) in [7, 11) is 1.89. The van der Waals surface area contributed by atoms with Gasteiger partial charge in [0.1, 0.15) is 5.82 Å². The lowest BCUT2D eigenvalue weighted by Gasteiger charge is -2.46. The number of ether oxygens (including phenoxy) is 3. The van der Waals surface area contributed by atoms with E-state index in [4.69, 9.17) is 14.2 Å². The molecule has 1 amide bonds. The number of benzene rings is 2. The van der Waals surface area contributed by atoms with Crippen LogP contribution in [0.25, 0.3) is 0 Å². The number of carbonyl (C=O) groups excluding carboxylic acids is 2. The van der Waals surface area contributed by atoms with Crippen LogP contribution in [-0.2, 0) is 24.7 Å². The fourth-order valence-corrected chi connectivity index (χ4v) is 5.38. The molecule has 2 aromatic carbocycles. The summed E-state index contributed by atoms with van der Waals surface area (Å²) in [4.78, 5) is 27.1. The molecule has 0 N–H and O–H groups in total. The number of hydrogen-bond acceptors (Lipinski definition) is 6. The summed E-state index contributed by atoms with van der Waals surface area (Å²) >= 11 is 0. The van der Waals surface area contributed by atoms with Crippen molar-refractivity contribution < 1.29 is 45.8 Å². The van der Waals surface area contributed by atoms with E-state index in [-0.39, 0.29) is 32.5 Å². The normalized spacial score (nSPS) is 17.3. The first-order chi connectivity index (χ1) is 18.9. The Bertz CT molecular complexity index is 1260. The van der Waals surface area contributed by atoms with Crippen LogP contribution >= 0.6 is 0 Å². The predicted octanol–water partition coefficient (Wildman–Crippen LogP) is 5.25. The molecule has 7 nitrogen and oxygen atoms in total. The summed E-state index contributed by atoms with van der Waals surface area (Å²) in [6.07, 6.45) is -5.94. The Kier molecular flexibility index (Phi) is 9.40. The van der Waals surface area contributed by atoms with Crippen molar-refractivity contribution in [2.45, 2.75) is 43.9 Å². The van der Waals surface area contributed by atoms with Gasteiger partial charge >= 0.3 is 12.1 Å². The number of methoxy groups -OCH3 is 2. The molecule has 1 unspecified atom stereocenters. The van der Waals surface area contributed by atoms with E-state index in [0.29, 0.717) is 0 Å². The van der Waals surface area contributed by atoms with Crippen molar-refractivity contribution in [3.05, 3.63) is 65.2 Å². The molecule has 0 spiro atoms. The molecule has 2 aromatic rings. The zero-order chi connectivity index (χ0) is 29.7. The number of halogens is 5. The molecular formula is C28H29F5N2O5. The number of nitriles is 1. The van der Waals surface area contributed by atoms with Crippen molar-refractivity contribution in [1.82, 2.24) is 4.90 Å². The smallest absolute Gasteiger partial charge is 0.430 e. The Balaban J connectivity index is 2.05. The van der Waals surface area contributed by atoms with Crippen molar-refractivity contribution in [1.29, 1.82) is 5.26 Å². The summed E-state index contributed by atoms with van der Waals surface area (Å²) < 4.78 is 88.1. The maximum Gasteiger partial charge on any atom is 0.430 e. The highest BCUT2D eigenvalue weighted by molar-refractivity contribution is 5.88. The molecule has 2 atom stereocenters. The van der Waals surface area contributed by atoms with Gasteiger partial charge in [-0.2, -0.15) is 18.4 Å². The molecule has 1 heterocycles. The SMILES string of the molecule is CCOC(=O)CC1(C(C#N)c2c(F)ccc(F)c2OC)CCN(C(=O)[C@](OC)(c2ccccc2)C(F)(F)F)CC1. The molecule has 1 aliphatic rings. The van der Waals surface area contributed by atoms with Crippen LogP contribution in [0.15, 0.2) is 42.5 Å². The third-order valence-corrected chi connectivity index (χ3v) is 7.36. The minimum absolute atomic E-state index is 0.00735. The quantitative estimate of drug-likeness (QED) is 0.304. The van der Waals surface area contributed by atoms with E-state index in [0.717, 1.165) is 43.4 Å². The Morgan fingerprint density at radius 3 is 2.15 bits per heavy atom. The average Bonchev–Trinajstić information content (AvgIpc) is 2.92. The van der Waals surface area contributed by atoms with Crippen LogP contribution in [0.4, 0.5) is 22.0 Å². The number of esters is 1. The summed E-state index contributed by atoms with van der Waals surface area (Å²) in [6.45, 7) is 0.911. The van der Waals surface area contributed by atoms with Crippen LogP contribution in [0, 0.1) is 28.4 Å². The van der Waals surface area contributed by atoms with E-state index in [2.05, 4.69) is 0 Å². The first-order valence-electron chi connectivity index (χ1n) is 12.5. The largest absolute Gasteiger partial charge is 0.493 e. The number of nitrogens with zero attached hydrogens (tertiary/aromatic N) is 2. The van der Waals surface area contributed by atoms with Gasteiger partial charge in [-0.1, -0.05) is 30.3 Å². The van der Waals surface area contributed by atoms with Crippen LogP contribution in [0.2, 0.25) is 0 Å². The van der Waals surface area contributed by atoms with Gasteiger partial charge in [-0.25, -0.2) is 8.78 Å². The standard InChI is InChI=1S/C28H29F5N2O5/c1-4-40-22(36)16-26(19(17-34)23-20(29)10-11-21(30)24(23)38-2)12-14-35(15-13-26)25(37)27(39-3,28(31,32)33)18-8-6-5-7-9-18/h5-11,19H,4,12-16H2,1-3H3/t19?,27-/m1/s1. The number of alkyl halides is 3. The van der Waals surface area contributed by atoms with E-state index in [1.165, 1.54) is 18.2 Å². The zero-order valence-corrected chi connectivity index (χ0v) is 22.2. The lowest BCUT2D eigenvalue weighted by Crippen LogP contribution is -2.59. The first-order valence-corrected chi connectivity index (χ1v) is 12.5. The van der Waals surface area contributed by atoms with Crippen molar-refractivity contribution in [3.63, 3.8) is 0 Å². The molecule has 12 heteroatoms. The highest BCUT2D eigenvalue weighted by Crippen LogP contribution is 2.51. The number of piperidine rings is 1. The maximum absolute atomic E-state index is 15.1. The molecule has 0 bridgehead atoms. The van der Waals surface area contributed by atoms with E-state index in [1.54, 1.807) is 6.92 Å². The van der Waals surface area contributed by atoms with Crippen LogP contribution in [-0.4, -0.2) is 56.9 Å². The van der Waals surface area contributed by atoms with Crippen LogP contribution in [0.5, 0.6) is 5.75 Å². The lowest BCUT2D eigenvalue weighted by molar-refractivity contribution is -0.271. The van der Waals surface area contributed by atoms with Gasteiger partial charge in [-0.3, -0.25) is 9.59 Å². The molecule has 40 heavy (non-hydrogen) atoms. The molecule has 0 aromatic heterocycles. The van der Waals surface area contributed by atoms with Crippen LogP contribution < -0.4 is 4.74 Å². The van der Waals surface area contributed by atoms with Crippen LogP contribution in [0.1, 0.15) is 43.2 Å². The second kappa shape index (κ2) is 12.2. The third kappa shape index (κ3) is 5.47. The summed E-state index contributed by atoms with van der Waals surface area (Å²) in [5.74, 6) is -5.97. The van der Waals surface area contributed by atoms with E-state index >= 15 is 4.39 Å². The third-order valence-electron chi connectivity index (χ3n) is 7.36. The van der Waals surface area contributed by atoms with Crippen molar-refractivity contribution >= 4 is 11.9 Å². The Morgan fingerprint density at radius 2 is 1.65 bits per heavy atom. The van der Waals surface area contributed by atoms with Crippen molar-refractivity contribution in [3.8, 4) is 11.8 Å². The second-order valence-electron chi connectivity index (χ2n) is 9.42. The topological polar surface area (TPSA) is 88.9 Å². The van der Waals surface area contributed by atoms with Gasteiger partial charge in [0.2, 0.25) is 0 Å². The van der Waals surface area contributed by atoms with Gasteiger partial charge in [0, 0.05) is 31.2 Å². The number of hydrogen-bond donors (Lipinski definition) is 0. The Hall–Kier alpha value is -3.72. The van der Waals surface area contributed by atoms with Gasteiger partial charge in [0.05, 0.1) is 37.7 Å². The summed E-state index contributed by atoms with van der Waals surface area (Å²) in [5, 5.41) is 10.2. The molecule has 0 aliphatic carbocycles. The Morgan fingerprint density at radius 1 is 1.05 bits per heavy atom. The first kappa shape index (κ1) is 30.8. The van der Waals surface area contributed by atoms with E-state index in [1.807, 2.05) is 6.07 Å².